The molecule has 0 saturated heterocycles. The largest absolute Gasteiger partial charge is 0.491 e. The lowest BCUT2D eigenvalue weighted by molar-refractivity contribution is 0.0823. The zero-order valence-corrected chi connectivity index (χ0v) is 16.7. The van der Waals surface area contributed by atoms with Gasteiger partial charge >= 0.3 is 0 Å². The molecule has 5 heteroatoms. The summed E-state index contributed by atoms with van der Waals surface area (Å²) >= 11 is 0. The number of nitrogens with two attached hydrogens (primary N) is 1. The van der Waals surface area contributed by atoms with E-state index in [1.165, 1.54) is 0 Å². The lowest BCUT2D eigenvalue weighted by atomic mass is 9.90. The van der Waals surface area contributed by atoms with Gasteiger partial charge in [-0.1, -0.05) is 18.2 Å². The van der Waals surface area contributed by atoms with E-state index in [1.807, 2.05) is 36.4 Å². The van der Waals surface area contributed by atoms with Gasteiger partial charge in [0.25, 0.3) is 5.91 Å². The number of aliphatic hydroxyl groups is 1. The second-order valence-electron chi connectivity index (χ2n) is 7.88. The van der Waals surface area contributed by atoms with Crippen LogP contribution in [0.15, 0.2) is 42.5 Å². The van der Waals surface area contributed by atoms with E-state index in [9.17, 15) is 9.90 Å². The molecule has 2 aromatic carbocycles. The highest BCUT2D eigenvalue weighted by Gasteiger charge is 2.23. The van der Waals surface area contributed by atoms with Crippen LogP contribution in [0.25, 0.3) is 0 Å². The summed E-state index contributed by atoms with van der Waals surface area (Å²) < 4.78 is 5.69. The number of para-hydroxylation sites is 1. The van der Waals surface area contributed by atoms with Gasteiger partial charge in [-0.3, -0.25) is 4.79 Å². The van der Waals surface area contributed by atoms with Crippen molar-refractivity contribution in [3.63, 3.8) is 0 Å². The molecular weight excluding hydrogens is 352 g/mol. The molecule has 0 bridgehead atoms. The highest BCUT2D eigenvalue weighted by atomic mass is 16.5. The first-order valence-corrected chi connectivity index (χ1v) is 9.93. The number of rotatable bonds is 6. The Kier molecular flexibility index (Phi) is 6.57. The molecular formula is C23H30N2O3. The summed E-state index contributed by atoms with van der Waals surface area (Å²) in [5.41, 5.74) is 9.91. The van der Waals surface area contributed by atoms with Crippen molar-refractivity contribution in [1.29, 1.82) is 0 Å². The van der Waals surface area contributed by atoms with Crippen molar-refractivity contribution in [2.24, 2.45) is 5.92 Å². The fourth-order valence-electron chi connectivity index (χ4n) is 3.97. The minimum atomic E-state index is -0.518. The van der Waals surface area contributed by atoms with E-state index in [2.05, 4.69) is 0 Å². The van der Waals surface area contributed by atoms with Crippen molar-refractivity contribution in [2.45, 2.75) is 38.2 Å². The molecule has 1 unspecified atom stereocenters. The summed E-state index contributed by atoms with van der Waals surface area (Å²) in [5, 5.41) is 10.5. The van der Waals surface area contributed by atoms with Gasteiger partial charge in [0.05, 0.1) is 6.10 Å². The lowest BCUT2D eigenvalue weighted by Gasteiger charge is -2.20. The Morgan fingerprint density at radius 1 is 1.29 bits per heavy atom. The Labute approximate surface area is 167 Å². The van der Waals surface area contributed by atoms with Crippen LogP contribution in [0.1, 0.15) is 40.7 Å². The number of carbonyl (C=O) groups is 1. The van der Waals surface area contributed by atoms with Crippen LogP contribution in [0.3, 0.4) is 0 Å². The van der Waals surface area contributed by atoms with Crippen LogP contribution in [-0.4, -0.2) is 42.7 Å². The van der Waals surface area contributed by atoms with Gasteiger partial charge in [-0.25, -0.2) is 0 Å². The molecule has 1 aliphatic carbocycles. The number of aliphatic hydroxyl groups excluding tert-OH is 1. The number of amides is 1. The van der Waals surface area contributed by atoms with Crippen LogP contribution in [0.5, 0.6) is 5.75 Å². The van der Waals surface area contributed by atoms with Crippen molar-refractivity contribution >= 4 is 11.6 Å². The normalized spacial score (nSPS) is 17.3. The van der Waals surface area contributed by atoms with Crippen molar-refractivity contribution in [1.82, 2.24) is 4.90 Å². The Morgan fingerprint density at radius 2 is 2.04 bits per heavy atom. The van der Waals surface area contributed by atoms with Gasteiger partial charge < -0.3 is 20.5 Å². The molecule has 5 nitrogen and oxygen atoms in total. The van der Waals surface area contributed by atoms with Crippen molar-refractivity contribution < 1.29 is 14.6 Å². The molecule has 0 saturated carbocycles. The standard InChI is InChI=1S/C23H30N2O3/c1-25(2)23(27)18-13-17-11-16(7-6-10-21(17)22(24)14-18)12-19(26)15-28-20-8-4-3-5-9-20/h3-5,8-9,13-14,16,19,26H,6-7,10-12,15,24H2,1-2H3/t16?,19-/m0/s1. The number of nitrogens with zero attached hydrogens (tertiary/aromatic N) is 1. The summed E-state index contributed by atoms with van der Waals surface area (Å²) in [6, 6.07) is 13.3. The lowest BCUT2D eigenvalue weighted by Crippen LogP contribution is -2.23. The molecule has 1 amide bonds. The number of fused-ring (bicyclic) bond motifs is 1. The van der Waals surface area contributed by atoms with Gasteiger partial charge in [-0.15, -0.1) is 0 Å². The second-order valence-corrected chi connectivity index (χ2v) is 7.88. The highest BCUT2D eigenvalue weighted by Crippen LogP contribution is 2.32. The summed E-state index contributed by atoms with van der Waals surface area (Å²) in [6.07, 6.45) is 3.98. The van der Waals surface area contributed by atoms with E-state index in [-0.39, 0.29) is 12.5 Å². The first-order valence-electron chi connectivity index (χ1n) is 9.93. The van der Waals surface area contributed by atoms with Crippen molar-refractivity contribution in [2.75, 3.05) is 26.4 Å². The molecule has 2 atom stereocenters. The summed E-state index contributed by atoms with van der Waals surface area (Å²) in [6.45, 7) is 0.286. The second kappa shape index (κ2) is 9.11. The third-order valence-corrected chi connectivity index (χ3v) is 5.37. The highest BCUT2D eigenvalue weighted by molar-refractivity contribution is 5.95. The van der Waals surface area contributed by atoms with Gasteiger partial charge in [-0.05, 0) is 73.4 Å². The molecule has 0 fully saturated rings. The fraction of sp³-hybridized carbons (Fsp3) is 0.435. The number of benzene rings is 2. The SMILES string of the molecule is CN(C)C(=O)c1cc(N)c2c(c1)CC(C[C@H](O)COc1ccccc1)CCC2. The predicted octanol–water partition coefficient (Wildman–Crippen LogP) is 3.30. The molecule has 150 valence electrons. The van der Waals surface area contributed by atoms with Crippen LogP contribution in [-0.2, 0) is 12.8 Å². The van der Waals surface area contributed by atoms with E-state index in [0.29, 0.717) is 23.6 Å². The number of ether oxygens (including phenoxy) is 1. The maximum Gasteiger partial charge on any atom is 0.253 e. The Balaban J connectivity index is 1.66. The van der Waals surface area contributed by atoms with Crippen molar-refractivity contribution in [3.8, 4) is 5.75 Å². The number of hydrogen-bond donors (Lipinski definition) is 2. The van der Waals surface area contributed by atoms with Gasteiger partial charge in [0, 0.05) is 25.3 Å². The molecule has 28 heavy (non-hydrogen) atoms. The molecule has 0 spiro atoms. The van der Waals surface area contributed by atoms with Gasteiger partial charge in [-0.2, -0.15) is 0 Å². The zero-order valence-electron chi connectivity index (χ0n) is 16.7. The molecule has 0 radical (unpaired) electrons. The minimum Gasteiger partial charge on any atom is -0.491 e. The Hall–Kier alpha value is -2.53. The average molecular weight is 383 g/mol. The fourth-order valence-corrected chi connectivity index (χ4v) is 3.97. The molecule has 3 rings (SSSR count). The van der Waals surface area contributed by atoms with E-state index in [4.69, 9.17) is 10.5 Å². The van der Waals surface area contributed by atoms with Gasteiger partial charge in [0.1, 0.15) is 12.4 Å². The molecule has 2 aromatic rings. The number of carbonyl (C=O) groups excluding carboxylic acids is 1. The van der Waals surface area contributed by atoms with Crippen LogP contribution < -0.4 is 10.5 Å². The smallest absolute Gasteiger partial charge is 0.253 e. The first kappa shape index (κ1) is 20.2. The van der Waals surface area contributed by atoms with E-state index < -0.39 is 6.10 Å². The first-order chi connectivity index (χ1) is 13.4. The van der Waals surface area contributed by atoms with E-state index >= 15 is 0 Å². The van der Waals surface area contributed by atoms with E-state index in [0.717, 1.165) is 42.6 Å². The molecule has 0 aromatic heterocycles. The number of nitrogen functional groups attached to an aromatic ring is 1. The van der Waals surface area contributed by atoms with E-state index in [1.54, 1.807) is 25.1 Å². The quantitative estimate of drug-likeness (QED) is 0.594. The Bertz CT molecular complexity index is 805. The molecule has 3 N–H and O–H groups in total. The summed E-state index contributed by atoms with van der Waals surface area (Å²) in [7, 11) is 3.49. The number of hydrogen-bond acceptors (Lipinski definition) is 4. The minimum absolute atomic E-state index is 0.0356. The van der Waals surface area contributed by atoms with Crippen LogP contribution >= 0.6 is 0 Å². The van der Waals surface area contributed by atoms with Gasteiger partial charge in [0.15, 0.2) is 0 Å². The third-order valence-electron chi connectivity index (χ3n) is 5.37. The van der Waals surface area contributed by atoms with Crippen LogP contribution in [0, 0.1) is 5.92 Å². The summed E-state index contributed by atoms with van der Waals surface area (Å²) in [4.78, 5) is 13.9. The molecule has 0 aliphatic heterocycles. The Morgan fingerprint density at radius 3 is 2.75 bits per heavy atom. The topological polar surface area (TPSA) is 75.8 Å². The van der Waals surface area contributed by atoms with Crippen LogP contribution in [0.4, 0.5) is 5.69 Å². The molecule has 0 heterocycles. The monoisotopic (exact) mass is 382 g/mol. The predicted molar refractivity (Wildman–Crippen MR) is 112 cm³/mol. The summed E-state index contributed by atoms with van der Waals surface area (Å²) in [5.74, 6) is 1.08. The molecule has 1 aliphatic rings. The number of anilines is 1. The van der Waals surface area contributed by atoms with Crippen LogP contribution in [0.2, 0.25) is 0 Å². The maximum absolute atomic E-state index is 12.4. The van der Waals surface area contributed by atoms with Gasteiger partial charge in [0.2, 0.25) is 0 Å². The van der Waals surface area contributed by atoms with Crippen molar-refractivity contribution in [3.05, 3.63) is 59.2 Å². The average Bonchev–Trinajstić information content (AvgIpc) is 2.88. The maximum atomic E-state index is 12.4. The third kappa shape index (κ3) is 5.04. The zero-order chi connectivity index (χ0) is 20.1.